The molecule has 6 nitrogen and oxygen atoms in total. The largest absolute Gasteiger partial charge is 0.497 e. The lowest BCUT2D eigenvalue weighted by Crippen LogP contribution is -2.12. The van der Waals surface area contributed by atoms with E-state index in [-0.39, 0.29) is 12.4 Å². The van der Waals surface area contributed by atoms with E-state index in [2.05, 4.69) is 4.74 Å². The Hall–Kier alpha value is -3.28. The quantitative estimate of drug-likeness (QED) is 0.507. The average molecular weight is 340 g/mol. The van der Waals surface area contributed by atoms with E-state index in [1.807, 2.05) is 0 Å². The van der Waals surface area contributed by atoms with Gasteiger partial charge in [0.2, 0.25) is 0 Å². The molecule has 0 radical (unpaired) electrons. The van der Waals surface area contributed by atoms with E-state index in [4.69, 9.17) is 13.9 Å². The number of ketones is 1. The topological polar surface area (TPSA) is 75.0 Å². The fraction of sp³-hybridized carbons (Fsp3) is 0.158. The molecule has 0 aliphatic carbocycles. The minimum Gasteiger partial charge on any atom is -0.497 e. The predicted molar refractivity (Wildman–Crippen MR) is 90.2 cm³/mol. The number of benzene rings is 2. The Kier molecular flexibility index (Phi) is 4.70. The number of hydrogen-bond donors (Lipinski definition) is 0. The summed E-state index contributed by atoms with van der Waals surface area (Å²) in [5.74, 6) is 0.462. The third-order valence-electron chi connectivity index (χ3n) is 3.73. The van der Waals surface area contributed by atoms with Crippen LogP contribution in [0.1, 0.15) is 15.9 Å². The lowest BCUT2D eigenvalue weighted by Gasteiger charge is -2.05. The van der Waals surface area contributed by atoms with Gasteiger partial charge in [-0.25, -0.2) is 4.79 Å². The number of fused-ring (bicyclic) bond motifs is 1. The molecule has 6 heteroatoms. The molecule has 128 valence electrons. The minimum absolute atomic E-state index is 0.175. The first-order valence-corrected chi connectivity index (χ1v) is 7.52. The molecule has 0 saturated carbocycles. The predicted octanol–water partition coefficient (Wildman–Crippen LogP) is 3.22. The van der Waals surface area contributed by atoms with Gasteiger partial charge in [-0.15, -0.1) is 0 Å². The highest BCUT2D eigenvalue weighted by Crippen LogP contribution is 2.28. The number of rotatable bonds is 6. The first kappa shape index (κ1) is 16.6. The van der Waals surface area contributed by atoms with Crippen LogP contribution in [0.4, 0.5) is 0 Å². The molecule has 0 spiro atoms. The van der Waals surface area contributed by atoms with Gasteiger partial charge in [0.1, 0.15) is 23.3 Å². The Morgan fingerprint density at radius 2 is 1.72 bits per heavy atom. The normalized spacial score (nSPS) is 10.5. The molecule has 0 aliphatic rings. The Morgan fingerprint density at radius 3 is 2.40 bits per heavy atom. The van der Waals surface area contributed by atoms with Crippen molar-refractivity contribution in [2.24, 2.45) is 0 Å². The van der Waals surface area contributed by atoms with Crippen molar-refractivity contribution >= 4 is 22.7 Å². The fourth-order valence-corrected chi connectivity index (χ4v) is 2.37. The van der Waals surface area contributed by atoms with E-state index in [0.717, 1.165) is 0 Å². The Morgan fingerprint density at radius 1 is 1.00 bits per heavy atom. The number of furan rings is 1. The fourth-order valence-electron chi connectivity index (χ4n) is 2.37. The van der Waals surface area contributed by atoms with E-state index < -0.39 is 5.97 Å². The highest BCUT2D eigenvalue weighted by atomic mass is 16.6. The van der Waals surface area contributed by atoms with Gasteiger partial charge in [0.05, 0.1) is 19.8 Å². The lowest BCUT2D eigenvalue weighted by atomic mass is 10.0. The molecule has 25 heavy (non-hydrogen) atoms. The molecule has 0 N–H and O–H groups in total. The summed E-state index contributed by atoms with van der Waals surface area (Å²) in [6.45, 7) is -0.207. The van der Waals surface area contributed by atoms with Gasteiger partial charge in [-0.2, -0.15) is 0 Å². The third kappa shape index (κ3) is 3.47. The maximum absolute atomic E-state index is 12.7. The molecule has 0 atom stereocenters. The second-order valence-electron chi connectivity index (χ2n) is 5.23. The summed E-state index contributed by atoms with van der Waals surface area (Å²) in [4.78, 5) is 23.9. The molecular weight excluding hydrogens is 324 g/mol. The molecule has 0 saturated heterocycles. The number of carbonyl (C=O) groups is 2. The molecule has 1 heterocycles. The van der Waals surface area contributed by atoms with Crippen LogP contribution in [0, 0.1) is 0 Å². The molecule has 3 rings (SSSR count). The van der Waals surface area contributed by atoms with Gasteiger partial charge in [0, 0.05) is 10.9 Å². The number of methoxy groups -OCH3 is 2. The summed E-state index contributed by atoms with van der Waals surface area (Å²) in [5.41, 5.74) is 1.50. The highest BCUT2D eigenvalue weighted by Gasteiger charge is 2.17. The minimum atomic E-state index is -0.484. The first-order valence-electron chi connectivity index (χ1n) is 7.52. The molecule has 1 aromatic heterocycles. The monoisotopic (exact) mass is 340 g/mol. The van der Waals surface area contributed by atoms with Crippen LogP contribution < -0.4 is 9.47 Å². The van der Waals surface area contributed by atoms with Crippen molar-refractivity contribution < 1.29 is 28.2 Å². The average Bonchev–Trinajstić information content (AvgIpc) is 3.08. The van der Waals surface area contributed by atoms with Gasteiger partial charge >= 0.3 is 5.97 Å². The second kappa shape index (κ2) is 7.09. The molecule has 0 bridgehead atoms. The smallest absolute Gasteiger partial charge is 0.343 e. The Balaban J connectivity index is 1.89. The van der Waals surface area contributed by atoms with Crippen molar-refractivity contribution in [3.05, 3.63) is 59.9 Å². The summed E-state index contributed by atoms with van der Waals surface area (Å²) in [5, 5.41) is 0.614. The summed E-state index contributed by atoms with van der Waals surface area (Å²) in [6, 6.07) is 11.8. The van der Waals surface area contributed by atoms with Crippen LogP contribution in [0.15, 0.2) is 53.1 Å². The number of hydrogen-bond acceptors (Lipinski definition) is 6. The van der Waals surface area contributed by atoms with Crippen LogP contribution in [-0.4, -0.2) is 32.6 Å². The van der Waals surface area contributed by atoms with Gasteiger partial charge in [-0.1, -0.05) is 0 Å². The zero-order valence-corrected chi connectivity index (χ0v) is 13.8. The number of esters is 1. The zero-order valence-electron chi connectivity index (χ0n) is 13.8. The molecule has 0 aliphatic heterocycles. The first-order chi connectivity index (χ1) is 12.1. The molecular formula is C19H16O6. The molecule has 2 aromatic carbocycles. The van der Waals surface area contributed by atoms with Gasteiger partial charge in [-0.05, 0) is 42.5 Å². The highest BCUT2D eigenvalue weighted by molar-refractivity contribution is 6.16. The zero-order chi connectivity index (χ0) is 17.8. The SMILES string of the molecule is COC(=O)COc1ccc2occ(C(=O)c3ccc(OC)cc3)c2c1. The van der Waals surface area contributed by atoms with Crippen LogP contribution in [0.25, 0.3) is 11.0 Å². The van der Waals surface area contributed by atoms with Crippen molar-refractivity contribution in [3.8, 4) is 11.5 Å². The van der Waals surface area contributed by atoms with Crippen molar-refractivity contribution in [1.82, 2.24) is 0 Å². The van der Waals surface area contributed by atoms with E-state index in [1.54, 1.807) is 49.6 Å². The molecule has 3 aromatic rings. The van der Waals surface area contributed by atoms with Crippen LogP contribution in [0.3, 0.4) is 0 Å². The summed E-state index contributed by atoms with van der Waals surface area (Å²) >= 11 is 0. The van der Waals surface area contributed by atoms with E-state index in [1.165, 1.54) is 13.4 Å². The maximum atomic E-state index is 12.7. The summed E-state index contributed by atoms with van der Waals surface area (Å²) in [6.07, 6.45) is 1.42. The van der Waals surface area contributed by atoms with Crippen molar-refractivity contribution in [3.63, 3.8) is 0 Å². The van der Waals surface area contributed by atoms with Crippen molar-refractivity contribution in [2.75, 3.05) is 20.8 Å². The maximum Gasteiger partial charge on any atom is 0.343 e. The van der Waals surface area contributed by atoms with Crippen LogP contribution >= 0.6 is 0 Å². The van der Waals surface area contributed by atoms with Gasteiger partial charge in [-0.3, -0.25) is 4.79 Å². The number of carbonyl (C=O) groups excluding carboxylic acids is 2. The molecule has 0 unspecified atom stereocenters. The van der Waals surface area contributed by atoms with Crippen LogP contribution in [-0.2, 0) is 9.53 Å². The molecule has 0 fully saturated rings. The van der Waals surface area contributed by atoms with E-state index in [0.29, 0.717) is 33.6 Å². The Bertz CT molecular complexity index is 907. The van der Waals surface area contributed by atoms with Crippen LogP contribution in [0.2, 0.25) is 0 Å². The lowest BCUT2D eigenvalue weighted by molar-refractivity contribution is -0.142. The third-order valence-corrected chi connectivity index (χ3v) is 3.73. The Labute approximate surface area is 143 Å². The van der Waals surface area contributed by atoms with E-state index in [9.17, 15) is 9.59 Å². The summed E-state index contributed by atoms with van der Waals surface area (Å²) in [7, 11) is 2.85. The standard InChI is InChI=1S/C19H16O6/c1-22-13-5-3-12(4-6-13)19(21)16-10-25-17-8-7-14(9-15(16)17)24-11-18(20)23-2/h3-10H,11H2,1-2H3. The van der Waals surface area contributed by atoms with Gasteiger partial charge < -0.3 is 18.6 Å². The molecule has 0 amide bonds. The second-order valence-corrected chi connectivity index (χ2v) is 5.23. The summed E-state index contributed by atoms with van der Waals surface area (Å²) < 4.78 is 20.4. The van der Waals surface area contributed by atoms with Gasteiger partial charge in [0.25, 0.3) is 0 Å². The number of ether oxygens (including phenoxy) is 3. The van der Waals surface area contributed by atoms with E-state index >= 15 is 0 Å². The van der Waals surface area contributed by atoms with Crippen molar-refractivity contribution in [1.29, 1.82) is 0 Å². The van der Waals surface area contributed by atoms with Crippen molar-refractivity contribution in [2.45, 2.75) is 0 Å². The van der Waals surface area contributed by atoms with Crippen LogP contribution in [0.5, 0.6) is 11.5 Å². The van der Waals surface area contributed by atoms with Gasteiger partial charge in [0.15, 0.2) is 12.4 Å².